The second kappa shape index (κ2) is 5.75. The van der Waals surface area contributed by atoms with Gasteiger partial charge >= 0.3 is 5.97 Å². The minimum Gasteiger partial charge on any atom is -0.476 e. The molecule has 0 aliphatic carbocycles. The summed E-state index contributed by atoms with van der Waals surface area (Å²) in [6.45, 7) is 2.78. The monoisotopic (exact) mass is 277 g/mol. The topological polar surface area (TPSA) is 75.5 Å². The van der Waals surface area contributed by atoms with Crippen molar-refractivity contribution >= 4 is 11.8 Å². The first kappa shape index (κ1) is 13.3. The average Bonchev–Trinajstić information content (AvgIpc) is 3.02. The Labute approximate surface area is 117 Å². The Kier molecular flexibility index (Phi) is 3.82. The Morgan fingerprint density at radius 2 is 2.05 bits per heavy atom. The maximum Gasteiger partial charge on any atom is 0.356 e. The molecule has 0 bridgehead atoms. The molecule has 1 aromatic rings. The van der Waals surface area contributed by atoms with E-state index in [2.05, 4.69) is 14.9 Å². The minimum atomic E-state index is -1.04. The number of rotatable bonds is 3. The van der Waals surface area contributed by atoms with Crippen LogP contribution in [-0.2, 0) is 4.74 Å². The minimum absolute atomic E-state index is 0.0111. The number of anilines is 1. The van der Waals surface area contributed by atoms with Crippen LogP contribution in [-0.4, -0.2) is 46.8 Å². The van der Waals surface area contributed by atoms with Gasteiger partial charge in [0.15, 0.2) is 5.69 Å². The van der Waals surface area contributed by atoms with Crippen LogP contribution in [0.25, 0.3) is 0 Å². The molecular weight excluding hydrogens is 258 g/mol. The fourth-order valence-corrected chi connectivity index (χ4v) is 3.07. The molecule has 20 heavy (non-hydrogen) atoms. The van der Waals surface area contributed by atoms with E-state index in [-0.39, 0.29) is 5.69 Å². The Hall–Kier alpha value is -1.69. The molecule has 0 radical (unpaired) electrons. The van der Waals surface area contributed by atoms with Gasteiger partial charge < -0.3 is 14.7 Å². The predicted molar refractivity (Wildman–Crippen MR) is 72.9 cm³/mol. The Morgan fingerprint density at radius 3 is 2.60 bits per heavy atom. The lowest BCUT2D eigenvalue weighted by molar-refractivity contribution is 0.0531. The zero-order chi connectivity index (χ0) is 13.9. The van der Waals surface area contributed by atoms with Crippen LogP contribution in [0, 0.1) is 5.92 Å². The molecule has 0 saturated carbocycles. The zero-order valence-electron chi connectivity index (χ0n) is 11.4. The van der Waals surface area contributed by atoms with E-state index in [1.165, 1.54) is 19.0 Å². The van der Waals surface area contributed by atoms with Crippen LogP contribution in [0.4, 0.5) is 5.82 Å². The molecule has 108 valence electrons. The van der Waals surface area contributed by atoms with Gasteiger partial charge in [-0.05, 0) is 31.6 Å². The maximum atomic E-state index is 10.7. The molecule has 6 nitrogen and oxygen atoms in total. The molecule has 0 spiro atoms. The number of aromatic carboxylic acids is 1. The van der Waals surface area contributed by atoms with E-state index in [1.54, 1.807) is 6.20 Å². The summed E-state index contributed by atoms with van der Waals surface area (Å²) in [6, 6.07) is 0. The standard InChI is InChI=1S/C14H19N3O3/c18-14(19)11-8-16-13(9-15-11)17-5-3-10(4-6-17)12-2-1-7-20-12/h8-10,12H,1-7H2,(H,18,19). The summed E-state index contributed by atoms with van der Waals surface area (Å²) in [5.41, 5.74) is -0.0111. The Bertz CT molecular complexity index is 463. The highest BCUT2D eigenvalue weighted by Crippen LogP contribution is 2.30. The smallest absolute Gasteiger partial charge is 0.356 e. The highest BCUT2D eigenvalue weighted by molar-refractivity contribution is 5.84. The van der Waals surface area contributed by atoms with Crippen molar-refractivity contribution in [3.05, 3.63) is 18.1 Å². The number of hydrogen-bond donors (Lipinski definition) is 1. The molecule has 6 heteroatoms. The number of carboxylic acid groups (broad SMARTS) is 1. The normalized spacial score (nSPS) is 24.0. The molecule has 1 unspecified atom stereocenters. The van der Waals surface area contributed by atoms with Gasteiger partial charge in [0.1, 0.15) is 5.82 Å². The van der Waals surface area contributed by atoms with Crippen LogP contribution in [0.1, 0.15) is 36.2 Å². The second-order valence-corrected chi connectivity index (χ2v) is 5.44. The van der Waals surface area contributed by atoms with E-state index in [0.717, 1.165) is 38.4 Å². The molecule has 2 aliphatic rings. The van der Waals surface area contributed by atoms with Crippen LogP contribution >= 0.6 is 0 Å². The fourth-order valence-electron chi connectivity index (χ4n) is 3.07. The molecule has 3 rings (SSSR count). The van der Waals surface area contributed by atoms with Crippen LogP contribution in [0.15, 0.2) is 12.4 Å². The lowest BCUT2D eigenvalue weighted by Gasteiger charge is -2.34. The number of piperidine rings is 1. The Morgan fingerprint density at radius 1 is 1.25 bits per heavy atom. The summed E-state index contributed by atoms with van der Waals surface area (Å²) in [6.07, 6.45) is 7.91. The molecule has 2 saturated heterocycles. The summed E-state index contributed by atoms with van der Waals surface area (Å²) < 4.78 is 5.76. The van der Waals surface area contributed by atoms with Gasteiger partial charge in [0.05, 0.1) is 18.5 Å². The predicted octanol–water partition coefficient (Wildman–Crippen LogP) is 1.57. The van der Waals surface area contributed by atoms with Crippen LogP contribution < -0.4 is 4.90 Å². The maximum absolute atomic E-state index is 10.7. The molecule has 3 heterocycles. The van der Waals surface area contributed by atoms with Gasteiger partial charge in [-0.2, -0.15) is 0 Å². The molecular formula is C14H19N3O3. The van der Waals surface area contributed by atoms with Crippen molar-refractivity contribution < 1.29 is 14.6 Å². The number of hydrogen-bond acceptors (Lipinski definition) is 5. The van der Waals surface area contributed by atoms with Crippen molar-refractivity contribution in [1.82, 2.24) is 9.97 Å². The summed E-state index contributed by atoms with van der Waals surface area (Å²) in [7, 11) is 0. The molecule has 0 aromatic carbocycles. The number of nitrogens with zero attached hydrogens (tertiary/aromatic N) is 3. The van der Waals surface area contributed by atoms with E-state index < -0.39 is 5.97 Å². The van der Waals surface area contributed by atoms with E-state index in [1.807, 2.05) is 0 Å². The van der Waals surface area contributed by atoms with Gasteiger partial charge in [0.2, 0.25) is 0 Å². The van der Waals surface area contributed by atoms with Gasteiger partial charge in [-0.3, -0.25) is 0 Å². The van der Waals surface area contributed by atoms with Gasteiger partial charge in [0.25, 0.3) is 0 Å². The van der Waals surface area contributed by atoms with E-state index in [4.69, 9.17) is 9.84 Å². The summed E-state index contributed by atoms with van der Waals surface area (Å²) in [4.78, 5) is 21.0. The van der Waals surface area contributed by atoms with Crippen molar-refractivity contribution in [2.75, 3.05) is 24.6 Å². The fraction of sp³-hybridized carbons (Fsp3) is 0.643. The molecule has 1 aromatic heterocycles. The second-order valence-electron chi connectivity index (χ2n) is 5.44. The average molecular weight is 277 g/mol. The lowest BCUT2D eigenvalue weighted by Crippen LogP contribution is -2.38. The molecule has 1 atom stereocenters. The van der Waals surface area contributed by atoms with Gasteiger partial charge in [-0.15, -0.1) is 0 Å². The highest BCUT2D eigenvalue weighted by Gasteiger charge is 2.29. The molecule has 1 N–H and O–H groups in total. The lowest BCUT2D eigenvalue weighted by atomic mass is 9.90. The third kappa shape index (κ3) is 2.75. The summed E-state index contributed by atoms with van der Waals surface area (Å²) in [5.74, 6) is 0.377. The van der Waals surface area contributed by atoms with Gasteiger partial charge in [-0.25, -0.2) is 14.8 Å². The molecule has 2 fully saturated rings. The quantitative estimate of drug-likeness (QED) is 0.904. The van der Waals surface area contributed by atoms with Gasteiger partial charge in [0, 0.05) is 19.7 Å². The SMILES string of the molecule is O=C(O)c1cnc(N2CCC(C3CCCO3)CC2)cn1. The molecule has 0 amide bonds. The van der Waals surface area contributed by atoms with E-state index >= 15 is 0 Å². The number of ether oxygens (including phenoxy) is 1. The van der Waals surface area contributed by atoms with E-state index in [0.29, 0.717) is 12.0 Å². The van der Waals surface area contributed by atoms with Crippen molar-refractivity contribution in [2.24, 2.45) is 5.92 Å². The van der Waals surface area contributed by atoms with Crippen molar-refractivity contribution in [2.45, 2.75) is 31.8 Å². The highest BCUT2D eigenvalue weighted by atomic mass is 16.5. The number of carbonyl (C=O) groups is 1. The van der Waals surface area contributed by atoms with E-state index in [9.17, 15) is 4.79 Å². The van der Waals surface area contributed by atoms with Crippen molar-refractivity contribution in [3.63, 3.8) is 0 Å². The van der Waals surface area contributed by atoms with Crippen molar-refractivity contribution in [1.29, 1.82) is 0 Å². The number of aromatic nitrogens is 2. The third-order valence-electron chi connectivity index (χ3n) is 4.21. The van der Waals surface area contributed by atoms with Crippen LogP contribution in [0.3, 0.4) is 0 Å². The van der Waals surface area contributed by atoms with Gasteiger partial charge in [-0.1, -0.05) is 0 Å². The Balaban J connectivity index is 1.58. The van der Waals surface area contributed by atoms with Crippen molar-refractivity contribution in [3.8, 4) is 0 Å². The largest absolute Gasteiger partial charge is 0.476 e. The van der Waals surface area contributed by atoms with Crippen LogP contribution in [0.2, 0.25) is 0 Å². The molecule has 2 aliphatic heterocycles. The third-order valence-corrected chi connectivity index (χ3v) is 4.21. The zero-order valence-corrected chi connectivity index (χ0v) is 11.4. The summed E-state index contributed by atoms with van der Waals surface area (Å²) >= 11 is 0. The first-order valence-electron chi connectivity index (χ1n) is 7.16. The summed E-state index contributed by atoms with van der Waals surface area (Å²) in [5, 5.41) is 8.81. The first-order valence-corrected chi connectivity index (χ1v) is 7.16. The van der Waals surface area contributed by atoms with Crippen LogP contribution in [0.5, 0.6) is 0 Å². The number of carboxylic acids is 1. The first-order chi connectivity index (χ1) is 9.74.